The molecule has 0 aliphatic rings. The number of nitrogens with zero attached hydrogens (tertiary/aromatic N) is 2. The predicted molar refractivity (Wildman–Crippen MR) is 131 cm³/mol. The lowest BCUT2D eigenvalue weighted by Gasteiger charge is -2.20. The highest BCUT2D eigenvalue weighted by Crippen LogP contribution is 2.32. The first-order valence-electron chi connectivity index (χ1n) is 10.7. The zero-order valence-corrected chi connectivity index (χ0v) is 19.9. The number of benzene rings is 3. The third-order valence-corrected chi connectivity index (χ3v) is 6.12. The first-order chi connectivity index (χ1) is 16.3. The molecule has 5 nitrogen and oxygen atoms in total. The average Bonchev–Trinajstić information content (AvgIpc) is 3.28. The number of aromatic nitrogens is 1. The van der Waals surface area contributed by atoms with Gasteiger partial charge in [0.15, 0.2) is 10.9 Å². The molecule has 0 spiro atoms. The highest BCUT2D eigenvalue weighted by Gasteiger charge is 2.20. The van der Waals surface area contributed by atoms with Crippen molar-refractivity contribution in [1.82, 2.24) is 4.98 Å². The molecule has 7 heteroatoms. The number of hydrogen-bond acceptors (Lipinski definition) is 5. The van der Waals surface area contributed by atoms with E-state index in [-0.39, 0.29) is 24.1 Å². The molecule has 0 unspecified atom stereocenters. The summed E-state index contributed by atoms with van der Waals surface area (Å²) in [5.41, 5.74) is 4.54. The van der Waals surface area contributed by atoms with Crippen molar-refractivity contribution in [2.24, 2.45) is 0 Å². The maximum Gasteiger partial charge on any atom is 0.230 e. The fourth-order valence-electron chi connectivity index (χ4n) is 3.56. The van der Waals surface area contributed by atoms with E-state index in [4.69, 9.17) is 4.74 Å². The van der Waals surface area contributed by atoms with Gasteiger partial charge in [0.05, 0.1) is 11.4 Å². The van der Waals surface area contributed by atoms with Crippen molar-refractivity contribution >= 4 is 33.8 Å². The third-order valence-electron chi connectivity index (χ3n) is 5.25. The Hall–Kier alpha value is -3.84. The molecule has 0 aliphatic carbocycles. The largest absolute Gasteiger partial charge is 0.487 e. The Morgan fingerprint density at radius 1 is 0.971 bits per heavy atom. The van der Waals surface area contributed by atoms with E-state index in [0.29, 0.717) is 27.7 Å². The van der Waals surface area contributed by atoms with Crippen LogP contribution in [0.4, 0.5) is 15.2 Å². The second-order valence-electron chi connectivity index (χ2n) is 7.91. The summed E-state index contributed by atoms with van der Waals surface area (Å²) in [5.74, 6) is -0.101. The second-order valence-corrected chi connectivity index (χ2v) is 8.75. The number of aryl methyl sites for hydroxylation is 2. The van der Waals surface area contributed by atoms with Crippen molar-refractivity contribution in [3.63, 3.8) is 0 Å². The molecule has 0 N–H and O–H groups in total. The van der Waals surface area contributed by atoms with Gasteiger partial charge in [0, 0.05) is 23.4 Å². The summed E-state index contributed by atoms with van der Waals surface area (Å²) in [6, 6.07) is 18.2. The van der Waals surface area contributed by atoms with E-state index >= 15 is 0 Å². The van der Waals surface area contributed by atoms with Crippen molar-refractivity contribution in [3.05, 3.63) is 106 Å². The number of halogens is 1. The summed E-state index contributed by atoms with van der Waals surface area (Å²) in [6.07, 6.45) is 0. The Morgan fingerprint density at radius 3 is 2.24 bits per heavy atom. The number of carbonyl (C=O) groups is 2. The molecule has 4 aromatic rings. The van der Waals surface area contributed by atoms with E-state index in [2.05, 4.69) is 4.98 Å². The van der Waals surface area contributed by atoms with E-state index in [0.717, 1.165) is 16.8 Å². The lowest BCUT2D eigenvalue weighted by molar-refractivity contribution is -0.115. The van der Waals surface area contributed by atoms with Crippen LogP contribution in [-0.2, 0) is 11.4 Å². The Morgan fingerprint density at radius 2 is 1.62 bits per heavy atom. The third kappa shape index (κ3) is 5.21. The first-order valence-corrected chi connectivity index (χ1v) is 11.6. The lowest BCUT2D eigenvalue weighted by atomic mass is 10.0. The standard InChI is InChI=1S/C27H23FN2O3S/c1-17-4-13-25(18(2)14-17)30(19(3)31)27-29-23(16-34-27)15-33-24-11-7-21(8-12-24)26(32)20-5-9-22(28)10-6-20/h4-14,16H,15H2,1-3H3. The molecule has 0 saturated heterocycles. The zero-order chi connectivity index (χ0) is 24.2. The molecule has 0 bridgehead atoms. The quantitative estimate of drug-likeness (QED) is 0.291. The minimum absolute atomic E-state index is 0.116. The number of hydrogen-bond donors (Lipinski definition) is 0. The van der Waals surface area contributed by atoms with Gasteiger partial charge in [-0.25, -0.2) is 9.37 Å². The fraction of sp³-hybridized carbons (Fsp3) is 0.148. The normalized spacial score (nSPS) is 10.7. The summed E-state index contributed by atoms with van der Waals surface area (Å²) < 4.78 is 18.9. The van der Waals surface area contributed by atoms with Gasteiger partial charge in [0.2, 0.25) is 5.91 Å². The van der Waals surface area contributed by atoms with Gasteiger partial charge in [-0.05, 0) is 74.0 Å². The van der Waals surface area contributed by atoms with Crippen molar-refractivity contribution in [2.75, 3.05) is 4.90 Å². The molecule has 0 radical (unpaired) electrons. The van der Waals surface area contributed by atoms with Crippen molar-refractivity contribution in [1.29, 1.82) is 0 Å². The van der Waals surface area contributed by atoms with Crippen molar-refractivity contribution in [3.8, 4) is 5.75 Å². The Bertz CT molecular complexity index is 1330. The number of ketones is 1. The maximum atomic E-state index is 13.1. The van der Waals surface area contributed by atoms with Crippen molar-refractivity contribution in [2.45, 2.75) is 27.4 Å². The van der Waals surface area contributed by atoms with Crippen LogP contribution in [0.15, 0.2) is 72.1 Å². The molecule has 1 amide bonds. The molecule has 0 atom stereocenters. The summed E-state index contributed by atoms with van der Waals surface area (Å²) in [7, 11) is 0. The SMILES string of the molecule is CC(=O)N(c1nc(COc2ccc(C(=O)c3ccc(F)cc3)cc2)cs1)c1ccc(C)cc1C. The summed E-state index contributed by atoms with van der Waals surface area (Å²) in [6.45, 7) is 5.73. The number of thiazole rings is 1. The molecule has 0 saturated carbocycles. The molecule has 172 valence electrons. The molecule has 4 rings (SSSR count). The highest BCUT2D eigenvalue weighted by molar-refractivity contribution is 7.14. The van der Waals surface area contributed by atoms with Crippen LogP contribution < -0.4 is 9.64 Å². The summed E-state index contributed by atoms with van der Waals surface area (Å²) >= 11 is 1.38. The molecule has 34 heavy (non-hydrogen) atoms. The maximum absolute atomic E-state index is 13.1. The smallest absolute Gasteiger partial charge is 0.230 e. The highest BCUT2D eigenvalue weighted by atomic mass is 32.1. The average molecular weight is 475 g/mol. The first kappa shape index (κ1) is 23.3. The van der Waals surface area contributed by atoms with Gasteiger partial charge in [-0.3, -0.25) is 14.5 Å². The van der Waals surface area contributed by atoms with Gasteiger partial charge in [-0.1, -0.05) is 17.7 Å². The molecule has 0 aliphatic heterocycles. The molecule has 1 heterocycles. The van der Waals surface area contributed by atoms with Crippen LogP contribution in [0.25, 0.3) is 0 Å². The zero-order valence-electron chi connectivity index (χ0n) is 19.0. The number of anilines is 2. The Kier molecular flexibility index (Phi) is 6.84. The molecule has 3 aromatic carbocycles. The van der Waals surface area contributed by atoms with Crippen LogP contribution in [-0.4, -0.2) is 16.7 Å². The number of ether oxygens (including phenoxy) is 1. The van der Waals surface area contributed by atoms with Gasteiger partial charge < -0.3 is 4.74 Å². The van der Waals surface area contributed by atoms with E-state index in [9.17, 15) is 14.0 Å². The van der Waals surface area contributed by atoms with Gasteiger partial charge in [-0.2, -0.15) is 0 Å². The van der Waals surface area contributed by atoms with Gasteiger partial charge in [0.1, 0.15) is 18.2 Å². The van der Waals surface area contributed by atoms with Gasteiger partial charge in [-0.15, -0.1) is 11.3 Å². The van der Waals surface area contributed by atoms with E-state index in [1.54, 1.807) is 29.2 Å². The molecule has 0 fully saturated rings. The van der Waals surface area contributed by atoms with Gasteiger partial charge in [0.25, 0.3) is 0 Å². The van der Waals surface area contributed by atoms with Crippen LogP contribution in [0.1, 0.15) is 39.7 Å². The van der Waals surface area contributed by atoms with E-state index in [1.807, 2.05) is 37.4 Å². The minimum atomic E-state index is -0.383. The number of carbonyl (C=O) groups excluding carboxylic acids is 2. The Balaban J connectivity index is 1.43. The predicted octanol–water partition coefficient (Wildman–Crippen LogP) is 6.39. The van der Waals surface area contributed by atoms with Crippen LogP contribution in [0.5, 0.6) is 5.75 Å². The Labute approximate surface area is 201 Å². The topological polar surface area (TPSA) is 59.5 Å². The van der Waals surface area contributed by atoms with Crippen LogP contribution in [0.2, 0.25) is 0 Å². The van der Waals surface area contributed by atoms with Crippen LogP contribution in [0, 0.1) is 19.7 Å². The van der Waals surface area contributed by atoms with E-state index < -0.39 is 0 Å². The molecular formula is C27H23FN2O3S. The number of amides is 1. The lowest BCUT2D eigenvalue weighted by Crippen LogP contribution is -2.23. The molecular weight excluding hydrogens is 451 g/mol. The van der Waals surface area contributed by atoms with Crippen LogP contribution >= 0.6 is 11.3 Å². The van der Waals surface area contributed by atoms with Crippen molar-refractivity contribution < 1.29 is 18.7 Å². The van der Waals surface area contributed by atoms with Crippen LogP contribution in [0.3, 0.4) is 0 Å². The monoisotopic (exact) mass is 474 g/mol. The summed E-state index contributed by atoms with van der Waals surface area (Å²) in [4.78, 5) is 31.1. The molecule has 1 aromatic heterocycles. The van der Waals surface area contributed by atoms with E-state index in [1.165, 1.54) is 42.5 Å². The van der Waals surface area contributed by atoms with Gasteiger partial charge >= 0.3 is 0 Å². The minimum Gasteiger partial charge on any atom is -0.487 e. The fourth-order valence-corrected chi connectivity index (χ4v) is 4.42. The summed E-state index contributed by atoms with van der Waals surface area (Å²) in [5, 5.41) is 2.44. The second kappa shape index (κ2) is 9.97. The number of rotatable bonds is 7.